The Balaban J connectivity index is 1.55. The average Bonchev–Trinajstić information content (AvgIpc) is 3.02. The van der Waals surface area contributed by atoms with Crippen molar-refractivity contribution in [1.29, 1.82) is 0 Å². The van der Waals surface area contributed by atoms with E-state index in [0.29, 0.717) is 0 Å². The summed E-state index contributed by atoms with van der Waals surface area (Å²) in [5, 5.41) is 4.20. The van der Waals surface area contributed by atoms with Gasteiger partial charge in [-0.05, 0) is 49.1 Å². The molecule has 0 spiro atoms. The molecular weight excluding hydrogens is 298 g/mol. The van der Waals surface area contributed by atoms with E-state index in [1.807, 2.05) is 24.0 Å². The summed E-state index contributed by atoms with van der Waals surface area (Å²) in [4.78, 5) is 9.39. The molecule has 0 saturated heterocycles. The standard InChI is InChI=1S/C19H21N5/c1-24-18(9-10-22-24)14-6-7-15(21-12-14)11-16-8-5-13-3-2-4-17(20)19(13)23-16/h5-10,12,17H,2-4,11,20H2,1H3. The molecule has 3 aromatic heterocycles. The van der Waals surface area contributed by atoms with Gasteiger partial charge in [-0.3, -0.25) is 14.6 Å². The van der Waals surface area contributed by atoms with Crippen molar-refractivity contribution >= 4 is 0 Å². The van der Waals surface area contributed by atoms with Gasteiger partial charge in [-0.25, -0.2) is 0 Å². The van der Waals surface area contributed by atoms with Gasteiger partial charge in [0.25, 0.3) is 0 Å². The molecular formula is C19H21N5. The summed E-state index contributed by atoms with van der Waals surface area (Å²) in [6, 6.07) is 10.5. The molecule has 0 aromatic carbocycles. The van der Waals surface area contributed by atoms with Crippen LogP contribution in [0, 0.1) is 0 Å². The van der Waals surface area contributed by atoms with Crippen molar-refractivity contribution in [1.82, 2.24) is 19.7 Å². The van der Waals surface area contributed by atoms with Crippen molar-refractivity contribution in [3.8, 4) is 11.3 Å². The minimum Gasteiger partial charge on any atom is -0.323 e. The van der Waals surface area contributed by atoms with Crippen molar-refractivity contribution < 1.29 is 0 Å². The molecule has 0 saturated carbocycles. The maximum atomic E-state index is 6.21. The van der Waals surface area contributed by atoms with E-state index in [9.17, 15) is 0 Å². The van der Waals surface area contributed by atoms with E-state index < -0.39 is 0 Å². The second-order valence-electron chi connectivity index (χ2n) is 6.40. The van der Waals surface area contributed by atoms with Crippen LogP contribution in [0.15, 0.2) is 42.7 Å². The predicted octanol–water partition coefficient (Wildman–Crippen LogP) is 2.80. The molecule has 0 amide bonds. The Morgan fingerprint density at radius 2 is 2.04 bits per heavy atom. The van der Waals surface area contributed by atoms with Gasteiger partial charge in [-0.15, -0.1) is 0 Å². The Morgan fingerprint density at radius 3 is 2.79 bits per heavy atom. The molecule has 5 nitrogen and oxygen atoms in total. The first kappa shape index (κ1) is 15.0. The van der Waals surface area contributed by atoms with Crippen LogP contribution in [-0.2, 0) is 19.9 Å². The highest BCUT2D eigenvalue weighted by Crippen LogP contribution is 2.27. The number of nitrogens with two attached hydrogens (primary N) is 1. The highest BCUT2D eigenvalue weighted by molar-refractivity contribution is 5.57. The molecule has 0 aliphatic heterocycles. The number of hydrogen-bond donors (Lipinski definition) is 1. The molecule has 4 rings (SSSR count). The molecule has 5 heteroatoms. The number of aryl methyl sites for hydroxylation is 2. The van der Waals surface area contributed by atoms with Crippen LogP contribution in [0.5, 0.6) is 0 Å². The molecule has 1 aliphatic carbocycles. The molecule has 1 aliphatic rings. The summed E-state index contributed by atoms with van der Waals surface area (Å²) in [6.07, 6.45) is 7.70. The fourth-order valence-corrected chi connectivity index (χ4v) is 3.35. The maximum absolute atomic E-state index is 6.21. The highest BCUT2D eigenvalue weighted by atomic mass is 15.3. The number of aromatic nitrogens is 4. The van der Waals surface area contributed by atoms with Gasteiger partial charge in [0.2, 0.25) is 0 Å². The van der Waals surface area contributed by atoms with Gasteiger partial charge in [0.1, 0.15) is 0 Å². The van der Waals surface area contributed by atoms with Gasteiger partial charge in [0.15, 0.2) is 0 Å². The summed E-state index contributed by atoms with van der Waals surface area (Å²) in [5.74, 6) is 0. The first-order valence-corrected chi connectivity index (χ1v) is 8.38. The first-order valence-electron chi connectivity index (χ1n) is 8.38. The van der Waals surface area contributed by atoms with Crippen LogP contribution in [0.2, 0.25) is 0 Å². The van der Waals surface area contributed by atoms with Crippen LogP contribution >= 0.6 is 0 Å². The maximum Gasteiger partial charge on any atom is 0.0694 e. The Labute approximate surface area is 141 Å². The lowest BCUT2D eigenvalue weighted by atomic mass is 9.92. The highest BCUT2D eigenvalue weighted by Gasteiger charge is 2.18. The van der Waals surface area contributed by atoms with E-state index in [2.05, 4.69) is 34.3 Å². The average molecular weight is 319 g/mol. The van der Waals surface area contributed by atoms with Crippen LogP contribution < -0.4 is 5.73 Å². The minimum atomic E-state index is 0.0777. The molecule has 3 aromatic rings. The van der Waals surface area contributed by atoms with Crippen LogP contribution in [0.4, 0.5) is 0 Å². The molecule has 0 radical (unpaired) electrons. The van der Waals surface area contributed by atoms with Gasteiger partial charge < -0.3 is 5.73 Å². The van der Waals surface area contributed by atoms with Gasteiger partial charge >= 0.3 is 0 Å². The molecule has 2 N–H and O–H groups in total. The van der Waals surface area contributed by atoms with Crippen LogP contribution in [0.25, 0.3) is 11.3 Å². The third-order valence-electron chi connectivity index (χ3n) is 4.69. The van der Waals surface area contributed by atoms with E-state index >= 15 is 0 Å². The minimum absolute atomic E-state index is 0.0777. The molecule has 0 fully saturated rings. The van der Waals surface area contributed by atoms with E-state index in [4.69, 9.17) is 10.7 Å². The molecule has 1 atom stereocenters. The van der Waals surface area contributed by atoms with Gasteiger partial charge in [-0.1, -0.05) is 6.07 Å². The number of hydrogen-bond acceptors (Lipinski definition) is 4. The van der Waals surface area contributed by atoms with Gasteiger partial charge in [0.05, 0.1) is 11.4 Å². The lowest BCUT2D eigenvalue weighted by Gasteiger charge is -2.21. The predicted molar refractivity (Wildman–Crippen MR) is 93.3 cm³/mol. The second-order valence-corrected chi connectivity index (χ2v) is 6.40. The number of fused-ring (bicyclic) bond motifs is 1. The van der Waals surface area contributed by atoms with Gasteiger partial charge in [-0.2, -0.15) is 5.10 Å². The fraction of sp³-hybridized carbons (Fsp3) is 0.316. The quantitative estimate of drug-likeness (QED) is 0.806. The number of pyridine rings is 2. The Kier molecular flexibility index (Phi) is 3.86. The van der Waals surface area contributed by atoms with Crippen molar-refractivity contribution in [3.63, 3.8) is 0 Å². The SMILES string of the molecule is Cn1nccc1-c1ccc(Cc2ccc3c(n2)C(N)CCC3)nc1. The Morgan fingerprint density at radius 1 is 1.17 bits per heavy atom. The first-order chi connectivity index (χ1) is 11.7. The summed E-state index contributed by atoms with van der Waals surface area (Å²) in [5.41, 5.74) is 12.8. The number of rotatable bonds is 3. The Hall–Kier alpha value is -2.53. The largest absolute Gasteiger partial charge is 0.323 e. The van der Waals surface area contributed by atoms with Crippen molar-refractivity contribution in [2.45, 2.75) is 31.7 Å². The fourth-order valence-electron chi connectivity index (χ4n) is 3.35. The lowest BCUT2D eigenvalue weighted by molar-refractivity contribution is 0.551. The summed E-state index contributed by atoms with van der Waals surface area (Å²) in [6.45, 7) is 0. The Bertz CT molecular complexity index is 850. The van der Waals surface area contributed by atoms with Crippen molar-refractivity contribution in [3.05, 3.63) is 65.4 Å². The van der Waals surface area contributed by atoms with Gasteiger partial charge in [0, 0.05) is 48.9 Å². The lowest BCUT2D eigenvalue weighted by Crippen LogP contribution is -2.19. The van der Waals surface area contributed by atoms with Crippen molar-refractivity contribution in [2.75, 3.05) is 0 Å². The van der Waals surface area contributed by atoms with E-state index in [0.717, 1.165) is 54.0 Å². The van der Waals surface area contributed by atoms with Crippen LogP contribution in [0.1, 0.15) is 41.5 Å². The molecule has 122 valence electrons. The normalized spacial score (nSPS) is 16.8. The zero-order valence-corrected chi connectivity index (χ0v) is 13.8. The third kappa shape index (κ3) is 2.83. The van der Waals surface area contributed by atoms with Crippen LogP contribution in [0.3, 0.4) is 0 Å². The summed E-state index contributed by atoms with van der Waals surface area (Å²) < 4.78 is 1.85. The summed E-state index contributed by atoms with van der Waals surface area (Å²) in [7, 11) is 1.93. The number of nitrogens with zero attached hydrogens (tertiary/aromatic N) is 4. The molecule has 0 bridgehead atoms. The molecule has 3 heterocycles. The topological polar surface area (TPSA) is 69.6 Å². The smallest absolute Gasteiger partial charge is 0.0694 e. The van der Waals surface area contributed by atoms with E-state index in [-0.39, 0.29) is 6.04 Å². The van der Waals surface area contributed by atoms with Crippen molar-refractivity contribution in [2.24, 2.45) is 12.8 Å². The van der Waals surface area contributed by atoms with E-state index in [1.165, 1.54) is 5.56 Å². The molecule has 24 heavy (non-hydrogen) atoms. The second kappa shape index (κ2) is 6.17. The zero-order chi connectivity index (χ0) is 16.5. The monoisotopic (exact) mass is 319 g/mol. The summed E-state index contributed by atoms with van der Waals surface area (Å²) >= 11 is 0. The zero-order valence-electron chi connectivity index (χ0n) is 13.8. The molecule has 1 unspecified atom stereocenters. The van der Waals surface area contributed by atoms with E-state index in [1.54, 1.807) is 6.20 Å². The van der Waals surface area contributed by atoms with Crippen LogP contribution in [-0.4, -0.2) is 19.7 Å². The third-order valence-corrected chi connectivity index (χ3v) is 4.69.